The van der Waals surface area contributed by atoms with Crippen LogP contribution < -0.4 is 5.32 Å². The van der Waals surface area contributed by atoms with Crippen molar-refractivity contribution in [3.8, 4) is 0 Å². The van der Waals surface area contributed by atoms with Crippen LogP contribution in [0.3, 0.4) is 0 Å². The number of halogens is 2. The lowest BCUT2D eigenvalue weighted by molar-refractivity contribution is 0.0594. The van der Waals surface area contributed by atoms with Crippen LogP contribution in [0.1, 0.15) is 16.2 Å². The number of carbonyl (C=O) groups excluding carboxylic acids is 1. The molecule has 0 saturated heterocycles. The van der Waals surface area contributed by atoms with Gasteiger partial charge in [0, 0.05) is 21.4 Å². The normalized spacial score (nSPS) is 10.3. The number of ether oxygens (including phenoxy) is 1. The van der Waals surface area contributed by atoms with Crippen molar-refractivity contribution >= 4 is 34.9 Å². The number of carbonyl (C=O) groups is 1. The predicted octanol–water partition coefficient (Wildman–Crippen LogP) is 3.72. The highest BCUT2D eigenvalue weighted by Crippen LogP contribution is 2.22. The highest BCUT2D eigenvalue weighted by Gasteiger charge is 2.07. The molecule has 0 radical (unpaired) electrons. The average molecular weight is 299 g/mol. The lowest BCUT2D eigenvalue weighted by Gasteiger charge is -2.06. The van der Waals surface area contributed by atoms with E-state index in [1.165, 1.54) is 7.11 Å². The zero-order valence-electron chi connectivity index (χ0n) is 10.2. The molecule has 100 valence electrons. The molecule has 0 aliphatic carbocycles. The number of hydrogen-bond donors (Lipinski definition) is 2. The number of anilines is 1. The summed E-state index contributed by atoms with van der Waals surface area (Å²) in [6.45, 7) is 0.521. The first-order valence-electron chi connectivity index (χ1n) is 5.54. The molecule has 0 amide bonds. The van der Waals surface area contributed by atoms with Crippen molar-refractivity contribution in [2.75, 3.05) is 12.4 Å². The standard InChI is InChI=1S/C13H12Cl2N2O2/c1-19-13(18)12-3-2-10(17-12)7-16-11-5-8(14)4-9(15)6-11/h2-6,16-17H,7H2,1H3. The number of hydrogen-bond acceptors (Lipinski definition) is 3. The maximum atomic E-state index is 11.3. The van der Waals surface area contributed by atoms with E-state index in [0.717, 1.165) is 11.4 Å². The second-order valence-corrected chi connectivity index (χ2v) is 4.77. The van der Waals surface area contributed by atoms with Gasteiger partial charge in [-0.3, -0.25) is 0 Å². The van der Waals surface area contributed by atoms with E-state index >= 15 is 0 Å². The third-order valence-corrected chi connectivity index (χ3v) is 2.93. The number of esters is 1. The Morgan fingerprint density at radius 1 is 1.26 bits per heavy atom. The molecular weight excluding hydrogens is 287 g/mol. The maximum absolute atomic E-state index is 11.3. The second kappa shape index (κ2) is 5.99. The molecule has 1 aromatic heterocycles. The third-order valence-electron chi connectivity index (χ3n) is 2.50. The highest BCUT2D eigenvalue weighted by molar-refractivity contribution is 6.35. The molecule has 0 atom stereocenters. The summed E-state index contributed by atoms with van der Waals surface area (Å²) in [5, 5.41) is 4.29. The van der Waals surface area contributed by atoms with Crippen molar-refractivity contribution < 1.29 is 9.53 Å². The molecule has 0 spiro atoms. The Morgan fingerprint density at radius 2 is 1.95 bits per heavy atom. The zero-order chi connectivity index (χ0) is 13.8. The molecule has 2 aromatic rings. The molecule has 0 aliphatic heterocycles. The van der Waals surface area contributed by atoms with Crippen LogP contribution in [0.5, 0.6) is 0 Å². The molecule has 19 heavy (non-hydrogen) atoms. The van der Waals surface area contributed by atoms with Gasteiger partial charge in [-0.05, 0) is 30.3 Å². The van der Waals surface area contributed by atoms with Gasteiger partial charge in [0.2, 0.25) is 0 Å². The van der Waals surface area contributed by atoms with E-state index < -0.39 is 5.97 Å². The first kappa shape index (κ1) is 13.8. The average Bonchev–Trinajstić information content (AvgIpc) is 2.83. The van der Waals surface area contributed by atoms with Crippen LogP contribution >= 0.6 is 23.2 Å². The van der Waals surface area contributed by atoms with Crippen molar-refractivity contribution in [1.29, 1.82) is 0 Å². The molecule has 0 saturated carbocycles. The van der Waals surface area contributed by atoms with Gasteiger partial charge in [0.25, 0.3) is 0 Å². The van der Waals surface area contributed by atoms with E-state index in [9.17, 15) is 4.79 Å². The zero-order valence-corrected chi connectivity index (χ0v) is 11.7. The van der Waals surface area contributed by atoms with Crippen LogP contribution in [0.2, 0.25) is 10.0 Å². The largest absolute Gasteiger partial charge is 0.464 e. The summed E-state index contributed by atoms with van der Waals surface area (Å²) in [5.41, 5.74) is 2.09. The molecule has 0 bridgehead atoms. The summed E-state index contributed by atoms with van der Waals surface area (Å²) in [7, 11) is 1.34. The SMILES string of the molecule is COC(=O)c1ccc(CNc2cc(Cl)cc(Cl)c2)[nH]1. The van der Waals surface area contributed by atoms with E-state index in [2.05, 4.69) is 15.0 Å². The molecule has 2 N–H and O–H groups in total. The Balaban J connectivity index is 2.02. The number of benzene rings is 1. The predicted molar refractivity (Wildman–Crippen MR) is 75.9 cm³/mol. The molecule has 6 heteroatoms. The Hall–Kier alpha value is -1.65. The van der Waals surface area contributed by atoms with Crippen molar-refractivity contribution in [2.45, 2.75) is 6.54 Å². The van der Waals surface area contributed by atoms with Gasteiger partial charge < -0.3 is 15.0 Å². The lowest BCUT2D eigenvalue weighted by atomic mass is 10.3. The molecule has 0 unspecified atom stereocenters. The van der Waals surface area contributed by atoms with E-state index in [1.54, 1.807) is 24.3 Å². The molecule has 1 heterocycles. The first-order valence-corrected chi connectivity index (χ1v) is 6.30. The van der Waals surface area contributed by atoms with Gasteiger partial charge in [0.15, 0.2) is 0 Å². The van der Waals surface area contributed by atoms with Gasteiger partial charge in [0.05, 0.1) is 13.7 Å². The van der Waals surface area contributed by atoms with Gasteiger partial charge in [-0.2, -0.15) is 0 Å². The fourth-order valence-corrected chi connectivity index (χ4v) is 2.15. The Labute approximate surface area is 120 Å². The molecular formula is C13H12Cl2N2O2. The highest BCUT2D eigenvalue weighted by atomic mass is 35.5. The van der Waals surface area contributed by atoms with E-state index in [4.69, 9.17) is 23.2 Å². The van der Waals surface area contributed by atoms with E-state index in [1.807, 2.05) is 6.07 Å². The molecule has 0 aliphatic rings. The fraction of sp³-hybridized carbons (Fsp3) is 0.154. The van der Waals surface area contributed by atoms with Gasteiger partial charge >= 0.3 is 5.97 Å². The number of aromatic nitrogens is 1. The summed E-state index contributed by atoms with van der Waals surface area (Å²) >= 11 is 11.8. The van der Waals surface area contributed by atoms with Crippen LogP contribution in [-0.2, 0) is 11.3 Å². The monoisotopic (exact) mass is 298 g/mol. The Morgan fingerprint density at radius 3 is 2.58 bits per heavy atom. The molecule has 2 rings (SSSR count). The molecule has 1 aromatic carbocycles. The summed E-state index contributed by atoms with van der Waals surface area (Å²) in [6, 6.07) is 8.70. The summed E-state index contributed by atoms with van der Waals surface area (Å²) < 4.78 is 4.62. The Bertz CT molecular complexity index is 576. The van der Waals surface area contributed by atoms with Gasteiger partial charge in [0.1, 0.15) is 5.69 Å². The van der Waals surface area contributed by atoms with Crippen molar-refractivity contribution in [3.05, 3.63) is 51.8 Å². The minimum atomic E-state index is -0.392. The number of aromatic amines is 1. The van der Waals surface area contributed by atoms with Crippen LogP contribution in [0.15, 0.2) is 30.3 Å². The number of rotatable bonds is 4. The second-order valence-electron chi connectivity index (χ2n) is 3.90. The van der Waals surface area contributed by atoms with Crippen molar-refractivity contribution in [3.63, 3.8) is 0 Å². The smallest absolute Gasteiger partial charge is 0.354 e. The Kier molecular flexibility index (Phi) is 4.35. The number of nitrogens with one attached hydrogen (secondary N) is 2. The fourth-order valence-electron chi connectivity index (χ4n) is 1.63. The van der Waals surface area contributed by atoms with Gasteiger partial charge in [-0.25, -0.2) is 4.79 Å². The van der Waals surface area contributed by atoms with Crippen LogP contribution in [0.25, 0.3) is 0 Å². The minimum Gasteiger partial charge on any atom is -0.464 e. The number of H-pyrrole nitrogens is 1. The van der Waals surface area contributed by atoms with E-state index in [-0.39, 0.29) is 0 Å². The van der Waals surface area contributed by atoms with Crippen molar-refractivity contribution in [1.82, 2.24) is 4.98 Å². The van der Waals surface area contributed by atoms with Gasteiger partial charge in [-0.15, -0.1) is 0 Å². The minimum absolute atomic E-state index is 0.392. The van der Waals surface area contributed by atoms with Gasteiger partial charge in [-0.1, -0.05) is 23.2 Å². The maximum Gasteiger partial charge on any atom is 0.354 e. The van der Waals surface area contributed by atoms with Crippen LogP contribution in [-0.4, -0.2) is 18.1 Å². The first-order chi connectivity index (χ1) is 9.08. The third kappa shape index (κ3) is 3.66. The van der Waals surface area contributed by atoms with Crippen molar-refractivity contribution in [2.24, 2.45) is 0 Å². The summed E-state index contributed by atoms with van der Waals surface area (Å²) in [5.74, 6) is -0.392. The summed E-state index contributed by atoms with van der Waals surface area (Å²) in [4.78, 5) is 14.2. The molecule has 4 nitrogen and oxygen atoms in total. The molecule has 0 fully saturated rings. The van der Waals surface area contributed by atoms with E-state index in [0.29, 0.717) is 22.3 Å². The van der Waals surface area contributed by atoms with Crippen LogP contribution in [0.4, 0.5) is 5.69 Å². The summed E-state index contributed by atoms with van der Waals surface area (Å²) in [6.07, 6.45) is 0. The topological polar surface area (TPSA) is 54.1 Å². The lowest BCUT2D eigenvalue weighted by Crippen LogP contribution is -2.03. The number of methoxy groups -OCH3 is 1. The quantitative estimate of drug-likeness (QED) is 0.846. The van der Waals surface area contributed by atoms with Crippen LogP contribution in [0, 0.1) is 0 Å².